The summed E-state index contributed by atoms with van der Waals surface area (Å²) in [5.74, 6) is 0.787. The first-order valence-electron chi connectivity index (χ1n) is 3.64. The molecule has 0 radical (unpaired) electrons. The van der Waals surface area contributed by atoms with Crippen molar-refractivity contribution in [1.82, 2.24) is 20.2 Å². The molecule has 0 aliphatic heterocycles. The number of pyridine rings is 1. The van der Waals surface area contributed by atoms with Gasteiger partial charge in [0.25, 0.3) is 0 Å². The van der Waals surface area contributed by atoms with Crippen molar-refractivity contribution in [2.45, 2.75) is 6.92 Å². The van der Waals surface area contributed by atoms with E-state index in [1.54, 1.807) is 12.4 Å². The van der Waals surface area contributed by atoms with Gasteiger partial charge in [-0.1, -0.05) is 0 Å². The maximum atomic E-state index is 4.05. The van der Waals surface area contributed by atoms with E-state index in [2.05, 4.69) is 20.2 Å². The zero-order valence-electron chi connectivity index (χ0n) is 6.65. The summed E-state index contributed by atoms with van der Waals surface area (Å²) in [7, 11) is 0. The van der Waals surface area contributed by atoms with Gasteiger partial charge in [-0.3, -0.25) is 10.1 Å². The fraction of sp³-hybridized carbons (Fsp3) is 0.125. The van der Waals surface area contributed by atoms with E-state index in [4.69, 9.17) is 0 Å². The van der Waals surface area contributed by atoms with Crippen LogP contribution in [0, 0.1) is 6.92 Å². The van der Waals surface area contributed by atoms with Crippen molar-refractivity contribution in [2.24, 2.45) is 0 Å². The normalized spacial score (nSPS) is 10.1. The van der Waals surface area contributed by atoms with Crippen molar-refractivity contribution in [3.8, 4) is 11.4 Å². The van der Waals surface area contributed by atoms with Gasteiger partial charge in [0.05, 0.1) is 0 Å². The SMILES string of the molecule is Cc1cnccc1-c1ncn[nH]1. The van der Waals surface area contributed by atoms with Crippen LogP contribution in [0.5, 0.6) is 0 Å². The first-order chi connectivity index (χ1) is 5.88. The van der Waals surface area contributed by atoms with Crippen LogP contribution in [0.25, 0.3) is 11.4 Å². The monoisotopic (exact) mass is 160 g/mol. The Labute approximate surface area is 69.7 Å². The number of hydrogen-bond donors (Lipinski definition) is 1. The second-order valence-electron chi connectivity index (χ2n) is 2.52. The number of rotatable bonds is 1. The molecule has 0 aromatic carbocycles. The number of hydrogen-bond acceptors (Lipinski definition) is 3. The largest absolute Gasteiger partial charge is 0.264 e. The Hall–Kier alpha value is -1.71. The van der Waals surface area contributed by atoms with E-state index in [0.29, 0.717) is 0 Å². The number of nitrogens with zero attached hydrogens (tertiary/aromatic N) is 3. The minimum Gasteiger partial charge on any atom is -0.264 e. The van der Waals surface area contributed by atoms with Crippen LogP contribution >= 0.6 is 0 Å². The van der Waals surface area contributed by atoms with Gasteiger partial charge in [-0.15, -0.1) is 0 Å². The lowest BCUT2D eigenvalue weighted by molar-refractivity contribution is 1.09. The lowest BCUT2D eigenvalue weighted by Gasteiger charge is -1.98. The standard InChI is InChI=1S/C8H8N4/c1-6-4-9-3-2-7(6)8-10-5-11-12-8/h2-5H,1H3,(H,10,11,12). The van der Waals surface area contributed by atoms with Crippen LogP contribution in [0.3, 0.4) is 0 Å². The molecule has 2 aromatic heterocycles. The molecule has 0 saturated heterocycles. The number of aromatic amines is 1. The molecule has 4 heteroatoms. The number of nitrogens with one attached hydrogen (secondary N) is 1. The molecular weight excluding hydrogens is 152 g/mol. The van der Waals surface area contributed by atoms with Crippen LogP contribution in [0.2, 0.25) is 0 Å². The molecule has 2 heterocycles. The van der Waals surface area contributed by atoms with Crippen LogP contribution in [0.4, 0.5) is 0 Å². The van der Waals surface area contributed by atoms with Crippen molar-refractivity contribution in [2.75, 3.05) is 0 Å². The van der Waals surface area contributed by atoms with E-state index >= 15 is 0 Å². The van der Waals surface area contributed by atoms with Gasteiger partial charge >= 0.3 is 0 Å². The van der Waals surface area contributed by atoms with Crippen LogP contribution in [-0.4, -0.2) is 20.2 Å². The summed E-state index contributed by atoms with van der Waals surface area (Å²) in [5.41, 5.74) is 2.14. The van der Waals surface area contributed by atoms with E-state index in [9.17, 15) is 0 Å². The van der Waals surface area contributed by atoms with Gasteiger partial charge in [0.2, 0.25) is 0 Å². The Balaban J connectivity index is 2.55. The van der Waals surface area contributed by atoms with Crippen molar-refractivity contribution >= 4 is 0 Å². The fourth-order valence-corrected chi connectivity index (χ4v) is 1.07. The molecule has 0 aliphatic carbocycles. The molecule has 0 spiro atoms. The Morgan fingerprint density at radius 1 is 1.42 bits per heavy atom. The average molecular weight is 160 g/mol. The highest BCUT2D eigenvalue weighted by Crippen LogP contribution is 2.16. The minimum absolute atomic E-state index is 0.787. The molecular formula is C8H8N4. The zero-order chi connectivity index (χ0) is 8.39. The molecule has 12 heavy (non-hydrogen) atoms. The van der Waals surface area contributed by atoms with Crippen molar-refractivity contribution < 1.29 is 0 Å². The number of H-pyrrole nitrogens is 1. The van der Waals surface area contributed by atoms with Gasteiger partial charge in [-0.25, -0.2) is 4.98 Å². The molecule has 60 valence electrons. The van der Waals surface area contributed by atoms with Gasteiger partial charge in [-0.2, -0.15) is 5.10 Å². The third kappa shape index (κ3) is 1.07. The van der Waals surface area contributed by atoms with Crippen LogP contribution in [0.1, 0.15) is 5.56 Å². The predicted octanol–water partition coefficient (Wildman–Crippen LogP) is 1.18. The Kier molecular flexibility index (Phi) is 1.59. The van der Waals surface area contributed by atoms with Crippen LogP contribution < -0.4 is 0 Å². The second-order valence-corrected chi connectivity index (χ2v) is 2.52. The summed E-state index contributed by atoms with van der Waals surface area (Å²) in [6.45, 7) is 1.99. The van der Waals surface area contributed by atoms with Gasteiger partial charge in [0.15, 0.2) is 5.82 Å². The summed E-state index contributed by atoms with van der Waals surface area (Å²) < 4.78 is 0. The highest BCUT2D eigenvalue weighted by molar-refractivity contribution is 5.57. The van der Waals surface area contributed by atoms with E-state index < -0.39 is 0 Å². The molecule has 0 atom stereocenters. The predicted molar refractivity (Wildman–Crippen MR) is 44.4 cm³/mol. The first kappa shape index (κ1) is 6.97. The first-order valence-corrected chi connectivity index (χ1v) is 3.64. The quantitative estimate of drug-likeness (QED) is 0.681. The molecule has 0 aliphatic rings. The molecule has 0 fully saturated rings. The minimum atomic E-state index is 0.787. The zero-order valence-corrected chi connectivity index (χ0v) is 6.65. The molecule has 0 bridgehead atoms. The summed E-state index contributed by atoms with van der Waals surface area (Å²) in [4.78, 5) is 8.05. The fourth-order valence-electron chi connectivity index (χ4n) is 1.07. The Morgan fingerprint density at radius 3 is 3.00 bits per heavy atom. The Bertz CT molecular complexity index is 366. The lowest BCUT2D eigenvalue weighted by atomic mass is 10.1. The molecule has 0 saturated carbocycles. The third-order valence-corrected chi connectivity index (χ3v) is 1.69. The van der Waals surface area contributed by atoms with E-state index in [0.717, 1.165) is 17.0 Å². The maximum Gasteiger partial charge on any atom is 0.155 e. The molecule has 4 nitrogen and oxygen atoms in total. The Morgan fingerprint density at radius 2 is 2.33 bits per heavy atom. The van der Waals surface area contributed by atoms with E-state index in [1.165, 1.54) is 6.33 Å². The van der Waals surface area contributed by atoms with Crippen molar-refractivity contribution in [3.63, 3.8) is 0 Å². The molecule has 0 amide bonds. The van der Waals surface area contributed by atoms with Gasteiger partial charge in [0.1, 0.15) is 6.33 Å². The topological polar surface area (TPSA) is 54.5 Å². The summed E-state index contributed by atoms with van der Waals surface area (Å²) in [6.07, 6.45) is 5.04. The third-order valence-electron chi connectivity index (χ3n) is 1.69. The summed E-state index contributed by atoms with van der Waals surface area (Å²) in [5, 5.41) is 6.59. The van der Waals surface area contributed by atoms with Crippen molar-refractivity contribution in [3.05, 3.63) is 30.4 Å². The second kappa shape index (κ2) is 2.73. The van der Waals surface area contributed by atoms with Crippen molar-refractivity contribution in [1.29, 1.82) is 0 Å². The molecule has 0 unspecified atom stereocenters. The van der Waals surface area contributed by atoms with Gasteiger partial charge in [-0.05, 0) is 18.6 Å². The highest BCUT2D eigenvalue weighted by Gasteiger charge is 2.02. The maximum absolute atomic E-state index is 4.05. The highest BCUT2D eigenvalue weighted by atomic mass is 15.2. The number of aryl methyl sites for hydroxylation is 1. The summed E-state index contributed by atoms with van der Waals surface area (Å²) >= 11 is 0. The summed E-state index contributed by atoms with van der Waals surface area (Å²) in [6, 6.07) is 1.91. The van der Waals surface area contributed by atoms with Gasteiger partial charge < -0.3 is 0 Å². The number of aromatic nitrogens is 4. The van der Waals surface area contributed by atoms with E-state index in [1.807, 2.05) is 13.0 Å². The van der Waals surface area contributed by atoms with E-state index in [-0.39, 0.29) is 0 Å². The smallest absolute Gasteiger partial charge is 0.155 e. The molecule has 2 aromatic rings. The molecule has 2 rings (SSSR count). The van der Waals surface area contributed by atoms with Crippen LogP contribution in [0.15, 0.2) is 24.8 Å². The lowest BCUT2D eigenvalue weighted by Crippen LogP contribution is -1.86. The van der Waals surface area contributed by atoms with Gasteiger partial charge in [0, 0.05) is 18.0 Å². The molecule has 1 N–H and O–H groups in total. The average Bonchev–Trinajstić information content (AvgIpc) is 2.57. The van der Waals surface area contributed by atoms with Crippen LogP contribution in [-0.2, 0) is 0 Å².